The molecule has 94 valence electrons. The Kier molecular flexibility index (Phi) is 4.43. The van der Waals surface area contributed by atoms with Gasteiger partial charge in [-0.25, -0.2) is 0 Å². The predicted octanol–water partition coefficient (Wildman–Crippen LogP) is 3.53. The number of hydrogen-bond donors (Lipinski definition) is 1. The van der Waals surface area contributed by atoms with Gasteiger partial charge in [-0.15, -0.1) is 0 Å². The zero-order valence-corrected chi connectivity index (χ0v) is 10.6. The van der Waals surface area contributed by atoms with E-state index in [1.807, 2.05) is 24.3 Å². The molecule has 0 amide bonds. The molecule has 2 unspecified atom stereocenters. The lowest BCUT2D eigenvalue weighted by molar-refractivity contribution is 0.122. The quantitative estimate of drug-likeness (QED) is 0.863. The number of hydrogen-bond acceptors (Lipinski definition) is 2. The Morgan fingerprint density at radius 3 is 3.00 bits per heavy atom. The molecule has 1 aromatic carbocycles. The largest absolute Gasteiger partial charge is 0.490 e. The van der Waals surface area contributed by atoms with Crippen molar-refractivity contribution in [2.24, 2.45) is 5.92 Å². The topological polar surface area (TPSA) is 29.5 Å². The standard InChI is InChI=1S/C15H22O2/c1-2-12-5-3-7-14(9-12)17-15-8-4-6-13(10-15)11-16/h4,6,8,10,12,14,16H,2-3,5,7,9,11H2,1H3. The van der Waals surface area contributed by atoms with Crippen molar-refractivity contribution in [2.75, 3.05) is 0 Å². The number of rotatable bonds is 4. The third-order valence-electron chi connectivity index (χ3n) is 3.70. The van der Waals surface area contributed by atoms with Crippen molar-refractivity contribution >= 4 is 0 Å². The molecule has 0 aliphatic heterocycles. The van der Waals surface area contributed by atoms with Crippen LogP contribution in [0.25, 0.3) is 0 Å². The molecule has 0 saturated heterocycles. The summed E-state index contributed by atoms with van der Waals surface area (Å²) >= 11 is 0. The monoisotopic (exact) mass is 234 g/mol. The molecule has 2 nitrogen and oxygen atoms in total. The van der Waals surface area contributed by atoms with Gasteiger partial charge in [0.25, 0.3) is 0 Å². The minimum Gasteiger partial charge on any atom is -0.490 e. The van der Waals surface area contributed by atoms with Crippen molar-refractivity contribution in [1.29, 1.82) is 0 Å². The second-order valence-corrected chi connectivity index (χ2v) is 4.99. The molecular formula is C15H22O2. The molecule has 2 atom stereocenters. The van der Waals surface area contributed by atoms with Gasteiger partial charge in [-0.1, -0.05) is 31.9 Å². The van der Waals surface area contributed by atoms with Gasteiger partial charge >= 0.3 is 0 Å². The molecule has 17 heavy (non-hydrogen) atoms. The summed E-state index contributed by atoms with van der Waals surface area (Å²) in [6, 6.07) is 7.79. The van der Waals surface area contributed by atoms with Crippen LogP contribution in [0.5, 0.6) is 5.75 Å². The van der Waals surface area contributed by atoms with Gasteiger partial charge < -0.3 is 9.84 Å². The Labute approximate surface area is 104 Å². The fraction of sp³-hybridized carbons (Fsp3) is 0.600. The highest BCUT2D eigenvalue weighted by Crippen LogP contribution is 2.29. The third kappa shape index (κ3) is 3.47. The zero-order valence-electron chi connectivity index (χ0n) is 10.6. The lowest BCUT2D eigenvalue weighted by Crippen LogP contribution is -2.25. The van der Waals surface area contributed by atoms with Crippen molar-refractivity contribution in [1.82, 2.24) is 0 Å². The zero-order chi connectivity index (χ0) is 12.1. The smallest absolute Gasteiger partial charge is 0.120 e. The summed E-state index contributed by atoms with van der Waals surface area (Å²) in [5, 5.41) is 9.09. The fourth-order valence-electron chi connectivity index (χ4n) is 2.63. The molecule has 1 fully saturated rings. The second-order valence-electron chi connectivity index (χ2n) is 4.99. The van der Waals surface area contributed by atoms with Gasteiger partial charge in [0.2, 0.25) is 0 Å². The van der Waals surface area contributed by atoms with Crippen molar-refractivity contribution < 1.29 is 9.84 Å². The lowest BCUT2D eigenvalue weighted by Gasteiger charge is -2.29. The Morgan fingerprint density at radius 1 is 1.35 bits per heavy atom. The summed E-state index contributed by atoms with van der Waals surface area (Å²) < 4.78 is 6.02. The van der Waals surface area contributed by atoms with Crippen LogP contribution in [0.3, 0.4) is 0 Å². The fourth-order valence-corrected chi connectivity index (χ4v) is 2.63. The first-order chi connectivity index (χ1) is 8.31. The molecule has 0 spiro atoms. The van der Waals surface area contributed by atoms with Gasteiger partial charge in [-0.3, -0.25) is 0 Å². The van der Waals surface area contributed by atoms with Crippen molar-refractivity contribution in [2.45, 2.75) is 51.7 Å². The highest BCUT2D eigenvalue weighted by molar-refractivity contribution is 5.28. The van der Waals surface area contributed by atoms with Crippen LogP contribution in [0.1, 0.15) is 44.6 Å². The van der Waals surface area contributed by atoms with E-state index < -0.39 is 0 Å². The first-order valence-electron chi connectivity index (χ1n) is 6.68. The third-order valence-corrected chi connectivity index (χ3v) is 3.70. The van der Waals surface area contributed by atoms with E-state index in [-0.39, 0.29) is 6.61 Å². The van der Waals surface area contributed by atoms with Crippen LogP contribution >= 0.6 is 0 Å². The Morgan fingerprint density at radius 2 is 2.24 bits per heavy atom. The van der Waals surface area contributed by atoms with Gasteiger partial charge in [-0.2, -0.15) is 0 Å². The van der Waals surface area contributed by atoms with E-state index in [1.54, 1.807) is 0 Å². The average molecular weight is 234 g/mol. The summed E-state index contributed by atoms with van der Waals surface area (Å²) in [4.78, 5) is 0. The maximum absolute atomic E-state index is 9.09. The molecule has 0 bridgehead atoms. The lowest BCUT2D eigenvalue weighted by atomic mass is 9.85. The maximum Gasteiger partial charge on any atom is 0.120 e. The van der Waals surface area contributed by atoms with Gasteiger partial charge in [0.15, 0.2) is 0 Å². The van der Waals surface area contributed by atoms with Gasteiger partial charge in [0, 0.05) is 0 Å². The summed E-state index contributed by atoms with van der Waals surface area (Å²) in [6.07, 6.45) is 6.61. The van der Waals surface area contributed by atoms with Crippen LogP contribution < -0.4 is 4.74 Å². The maximum atomic E-state index is 9.09. The Bertz CT molecular complexity index is 349. The van der Waals surface area contributed by atoms with Crippen molar-refractivity contribution in [3.8, 4) is 5.75 Å². The molecule has 0 heterocycles. The van der Waals surface area contributed by atoms with Crippen LogP contribution in [-0.2, 0) is 6.61 Å². The molecule has 1 N–H and O–H groups in total. The first kappa shape index (κ1) is 12.4. The molecule has 2 heteroatoms. The van der Waals surface area contributed by atoms with Crippen LogP contribution in [0.4, 0.5) is 0 Å². The first-order valence-corrected chi connectivity index (χ1v) is 6.68. The van der Waals surface area contributed by atoms with Gasteiger partial charge in [0.1, 0.15) is 5.75 Å². The number of benzene rings is 1. The number of aliphatic hydroxyl groups is 1. The summed E-state index contributed by atoms with van der Waals surface area (Å²) in [6.45, 7) is 2.35. The SMILES string of the molecule is CCC1CCCC(Oc2cccc(CO)c2)C1. The van der Waals surface area contributed by atoms with E-state index >= 15 is 0 Å². The van der Waals surface area contributed by atoms with Crippen LogP contribution in [0, 0.1) is 5.92 Å². The molecular weight excluding hydrogens is 212 g/mol. The van der Waals surface area contributed by atoms with E-state index in [2.05, 4.69) is 6.92 Å². The van der Waals surface area contributed by atoms with Crippen molar-refractivity contribution in [3.63, 3.8) is 0 Å². The normalized spacial score (nSPS) is 24.6. The second kappa shape index (κ2) is 6.06. The van der Waals surface area contributed by atoms with Gasteiger partial charge in [0.05, 0.1) is 12.7 Å². The van der Waals surface area contributed by atoms with Crippen LogP contribution in [-0.4, -0.2) is 11.2 Å². The number of ether oxygens (including phenoxy) is 1. The minimum absolute atomic E-state index is 0.0828. The Balaban J connectivity index is 1.95. The highest BCUT2D eigenvalue weighted by atomic mass is 16.5. The van der Waals surface area contributed by atoms with E-state index in [0.717, 1.165) is 17.2 Å². The molecule has 1 aromatic rings. The van der Waals surface area contributed by atoms with Crippen LogP contribution in [0.2, 0.25) is 0 Å². The highest BCUT2D eigenvalue weighted by Gasteiger charge is 2.21. The van der Waals surface area contributed by atoms with E-state index in [1.165, 1.54) is 32.1 Å². The summed E-state index contributed by atoms with van der Waals surface area (Å²) in [5.74, 6) is 1.73. The van der Waals surface area contributed by atoms with E-state index in [9.17, 15) is 0 Å². The van der Waals surface area contributed by atoms with Crippen LogP contribution in [0.15, 0.2) is 24.3 Å². The van der Waals surface area contributed by atoms with E-state index in [0.29, 0.717) is 6.10 Å². The summed E-state index contributed by atoms with van der Waals surface area (Å²) in [5.41, 5.74) is 0.922. The molecule has 0 radical (unpaired) electrons. The summed E-state index contributed by atoms with van der Waals surface area (Å²) in [7, 11) is 0. The van der Waals surface area contributed by atoms with E-state index in [4.69, 9.17) is 9.84 Å². The van der Waals surface area contributed by atoms with Gasteiger partial charge in [-0.05, 0) is 42.9 Å². The molecule has 1 aliphatic rings. The number of aliphatic hydroxyl groups excluding tert-OH is 1. The molecule has 2 rings (SSSR count). The Hall–Kier alpha value is -1.02. The predicted molar refractivity (Wildman–Crippen MR) is 69.0 cm³/mol. The average Bonchev–Trinajstić information content (AvgIpc) is 2.39. The molecule has 1 aliphatic carbocycles. The molecule has 1 saturated carbocycles. The molecule has 0 aromatic heterocycles. The minimum atomic E-state index is 0.0828. The van der Waals surface area contributed by atoms with Crippen molar-refractivity contribution in [3.05, 3.63) is 29.8 Å².